The lowest BCUT2D eigenvalue weighted by molar-refractivity contribution is 0.254. The van der Waals surface area contributed by atoms with Crippen LogP contribution in [0.5, 0.6) is 11.6 Å². The second kappa shape index (κ2) is 8.00. The minimum atomic E-state index is -0.269. The molecule has 1 amide bonds. The van der Waals surface area contributed by atoms with Crippen LogP contribution in [0, 0.1) is 6.92 Å². The predicted octanol–water partition coefficient (Wildman–Crippen LogP) is 4.21. The Balaban J connectivity index is 1.41. The van der Waals surface area contributed by atoms with Crippen molar-refractivity contribution in [1.29, 1.82) is 0 Å². The molecule has 0 radical (unpaired) electrons. The SMILES string of the molecule is Cc1c(Oc2ncnc3c2CCNC3)ccc2c1ccn2C(=O)Nc1ccn(C(C)(C)C)n1. The van der Waals surface area contributed by atoms with Gasteiger partial charge < -0.3 is 10.1 Å². The predicted molar refractivity (Wildman–Crippen MR) is 126 cm³/mol. The first-order valence-electron chi connectivity index (χ1n) is 11.0. The van der Waals surface area contributed by atoms with Gasteiger partial charge in [0, 0.05) is 41.5 Å². The molecule has 0 bridgehead atoms. The van der Waals surface area contributed by atoms with Gasteiger partial charge >= 0.3 is 6.03 Å². The Morgan fingerprint density at radius 2 is 2.00 bits per heavy atom. The van der Waals surface area contributed by atoms with Gasteiger partial charge in [0.05, 0.1) is 16.7 Å². The summed E-state index contributed by atoms with van der Waals surface area (Å²) in [5, 5.41) is 11.6. The highest BCUT2D eigenvalue weighted by molar-refractivity contribution is 5.99. The number of benzene rings is 1. The molecular formula is C24H27N7O2. The molecule has 9 heteroatoms. The molecule has 0 atom stereocenters. The van der Waals surface area contributed by atoms with E-state index in [4.69, 9.17) is 4.74 Å². The number of nitrogens with one attached hydrogen (secondary N) is 2. The Hall–Kier alpha value is -3.72. The Labute approximate surface area is 191 Å². The fourth-order valence-corrected chi connectivity index (χ4v) is 4.01. The average Bonchev–Trinajstić information content (AvgIpc) is 3.43. The molecule has 1 aliphatic rings. The second-order valence-electron chi connectivity index (χ2n) is 9.19. The van der Waals surface area contributed by atoms with Crippen molar-refractivity contribution in [3.8, 4) is 11.6 Å². The normalized spacial score (nSPS) is 13.7. The number of hydrogen-bond donors (Lipinski definition) is 2. The van der Waals surface area contributed by atoms with Gasteiger partial charge in [0.1, 0.15) is 12.1 Å². The van der Waals surface area contributed by atoms with Crippen LogP contribution < -0.4 is 15.4 Å². The molecule has 1 aliphatic heterocycles. The summed E-state index contributed by atoms with van der Waals surface area (Å²) in [6.45, 7) is 9.75. The van der Waals surface area contributed by atoms with Gasteiger partial charge in [-0.25, -0.2) is 14.8 Å². The van der Waals surface area contributed by atoms with E-state index in [-0.39, 0.29) is 11.6 Å². The Morgan fingerprint density at radius 3 is 2.79 bits per heavy atom. The van der Waals surface area contributed by atoms with Gasteiger partial charge in [-0.05, 0) is 58.9 Å². The molecule has 0 spiro atoms. The molecular weight excluding hydrogens is 418 g/mol. The standard InChI is InChI=1S/C24H27N7O2/c1-15-16-8-11-30(23(32)28-21-9-12-31(29-21)24(2,3)4)19(16)5-6-20(15)33-22-17-7-10-25-13-18(17)26-14-27-22/h5-6,8-9,11-12,14,25H,7,10,13H2,1-4H3,(H,28,29,32). The average molecular weight is 446 g/mol. The van der Waals surface area contributed by atoms with Crippen molar-refractivity contribution in [2.75, 3.05) is 11.9 Å². The number of carbonyl (C=O) groups excluding carboxylic acids is 1. The van der Waals surface area contributed by atoms with E-state index in [0.29, 0.717) is 17.4 Å². The molecule has 0 aliphatic carbocycles. The maximum atomic E-state index is 12.9. The lowest BCUT2D eigenvalue weighted by atomic mass is 10.1. The largest absolute Gasteiger partial charge is 0.438 e. The van der Waals surface area contributed by atoms with Crippen LogP contribution in [-0.2, 0) is 18.5 Å². The highest BCUT2D eigenvalue weighted by Gasteiger charge is 2.19. The maximum Gasteiger partial charge on any atom is 0.331 e. The number of nitrogens with zero attached hydrogens (tertiary/aromatic N) is 5. The minimum absolute atomic E-state index is 0.157. The van der Waals surface area contributed by atoms with Crippen LogP contribution in [0.25, 0.3) is 10.9 Å². The third kappa shape index (κ3) is 3.95. The lowest BCUT2D eigenvalue weighted by Gasteiger charge is -2.19. The van der Waals surface area contributed by atoms with Crippen molar-refractivity contribution in [2.45, 2.75) is 46.2 Å². The third-order valence-electron chi connectivity index (χ3n) is 5.87. The fourth-order valence-electron chi connectivity index (χ4n) is 4.01. The first kappa shape index (κ1) is 21.1. The Kier molecular flexibility index (Phi) is 5.13. The Morgan fingerprint density at radius 1 is 1.15 bits per heavy atom. The van der Waals surface area contributed by atoms with E-state index < -0.39 is 0 Å². The first-order chi connectivity index (χ1) is 15.8. The molecule has 0 saturated carbocycles. The van der Waals surface area contributed by atoms with Gasteiger partial charge in [-0.2, -0.15) is 5.10 Å². The van der Waals surface area contributed by atoms with E-state index in [1.54, 1.807) is 16.8 Å². The molecule has 9 nitrogen and oxygen atoms in total. The van der Waals surface area contributed by atoms with E-state index in [0.717, 1.165) is 47.2 Å². The molecule has 33 heavy (non-hydrogen) atoms. The van der Waals surface area contributed by atoms with Crippen LogP contribution in [-0.4, -0.2) is 36.9 Å². The van der Waals surface area contributed by atoms with Crippen LogP contribution >= 0.6 is 0 Å². The highest BCUT2D eigenvalue weighted by atomic mass is 16.5. The molecule has 0 saturated heterocycles. The number of hydrogen-bond acceptors (Lipinski definition) is 6. The van der Waals surface area contributed by atoms with Crippen molar-refractivity contribution >= 4 is 22.8 Å². The number of rotatable bonds is 3. The molecule has 0 fully saturated rings. The van der Waals surface area contributed by atoms with Gasteiger partial charge in [0.15, 0.2) is 5.82 Å². The second-order valence-corrected chi connectivity index (χ2v) is 9.19. The van der Waals surface area contributed by atoms with Crippen molar-refractivity contribution in [3.63, 3.8) is 0 Å². The molecule has 4 heterocycles. The van der Waals surface area contributed by atoms with Crippen LogP contribution in [0.1, 0.15) is 37.6 Å². The molecule has 0 unspecified atom stereocenters. The van der Waals surface area contributed by atoms with E-state index in [1.165, 1.54) is 6.33 Å². The van der Waals surface area contributed by atoms with Crippen LogP contribution in [0.4, 0.5) is 10.6 Å². The van der Waals surface area contributed by atoms with Gasteiger partial charge in [-0.3, -0.25) is 14.6 Å². The summed E-state index contributed by atoms with van der Waals surface area (Å²) in [4.78, 5) is 21.7. The summed E-state index contributed by atoms with van der Waals surface area (Å²) >= 11 is 0. The first-order valence-corrected chi connectivity index (χ1v) is 11.0. The number of ether oxygens (including phenoxy) is 1. The number of aryl methyl sites for hydroxylation is 1. The summed E-state index contributed by atoms with van der Waals surface area (Å²) in [5.74, 6) is 1.82. The van der Waals surface area contributed by atoms with Gasteiger partial charge in [-0.1, -0.05) is 0 Å². The number of anilines is 1. The molecule has 3 aromatic heterocycles. The van der Waals surface area contributed by atoms with Crippen LogP contribution in [0.3, 0.4) is 0 Å². The maximum absolute atomic E-state index is 12.9. The van der Waals surface area contributed by atoms with Gasteiger partial charge in [0.2, 0.25) is 5.88 Å². The van der Waals surface area contributed by atoms with E-state index in [9.17, 15) is 4.79 Å². The monoisotopic (exact) mass is 445 g/mol. The molecule has 4 aromatic rings. The fraction of sp³-hybridized carbons (Fsp3) is 0.333. The van der Waals surface area contributed by atoms with Crippen molar-refractivity contribution < 1.29 is 9.53 Å². The quantitative estimate of drug-likeness (QED) is 0.490. The van der Waals surface area contributed by atoms with Crippen molar-refractivity contribution in [2.24, 2.45) is 0 Å². The summed E-state index contributed by atoms with van der Waals surface area (Å²) in [6, 6.07) is 7.22. The summed E-state index contributed by atoms with van der Waals surface area (Å²) in [6.07, 6.45) is 5.99. The molecule has 170 valence electrons. The zero-order valence-corrected chi connectivity index (χ0v) is 19.2. The topological polar surface area (TPSA) is 98.9 Å². The summed E-state index contributed by atoms with van der Waals surface area (Å²) < 4.78 is 9.62. The number of amides is 1. The van der Waals surface area contributed by atoms with Crippen LogP contribution in [0.2, 0.25) is 0 Å². The van der Waals surface area contributed by atoms with E-state index in [2.05, 4.69) is 46.5 Å². The zero-order valence-electron chi connectivity index (χ0n) is 19.2. The number of fused-ring (bicyclic) bond motifs is 2. The molecule has 1 aromatic carbocycles. The van der Waals surface area contributed by atoms with Gasteiger partial charge in [-0.15, -0.1) is 0 Å². The number of aromatic nitrogens is 5. The number of carbonyl (C=O) groups is 1. The third-order valence-corrected chi connectivity index (χ3v) is 5.87. The summed E-state index contributed by atoms with van der Waals surface area (Å²) in [5.41, 5.74) is 3.60. The zero-order chi connectivity index (χ0) is 23.2. The Bertz CT molecular complexity index is 1350. The smallest absolute Gasteiger partial charge is 0.331 e. The van der Waals surface area contributed by atoms with Crippen LogP contribution in [0.15, 0.2) is 43.0 Å². The molecule has 2 N–H and O–H groups in total. The van der Waals surface area contributed by atoms with Crippen molar-refractivity contribution in [1.82, 2.24) is 29.6 Å². The minimum Gasteiger partial charge on any atom is -0.438 e. The molecule has 5 rings (SSSR count). The highest BCUT2D eigenvalue weighted by Crippen LogP contribution is 2.33. The van der Waals surface area contributed by atoms with E-state index in [1.807, 2.05) is 36.0 Å². The summed E-state index contributed by atoms with van der Waals surface area (Å²) in [7, 11) is 0. The lowest BCUT2D eigenvalue weighted by Crippen LogP contribution is -2.25. The van der Waals surface area contributed by atoms with E-state index >= 15 is 0 Å². The van der Waals surface area contributed by atoms with Gasteiger partial charge in [0.25, 0.3) is 0 Å². The van der Waals surface area contributed by atoms with Crippen molar-refractivity contribution in [3.05, 3.63) is 59.8 Å².